The van der Waals surface area contributed by atoms with E-state index in [4.69, 9.17) is 24.6 Å². The van der Waals surface area contributed by atoms with E-state index in [0.29, 0.717) is 26.1 Å². The van der Waals surface area contributed by atoms with Crippen LogP contribution in [0.5, 0.6) is 0 Å². The van der Waals surface area contributed by atoms with Crippen LogP contribution in [-0.4, -0.2) is 60.6 Å². The van der Waals surface area contributed by atoms with Crippen molar-refractivity contribution < 1.29 is 24.4 Å². The summed E-state index contributed by atoms with van der Waals surface area (Å²) in [6.45, 7) is 1.08. The number of nitriles is 1. The Morgan fingerprint density at radius 3 is 2.28 bits per heavy atom. The molecule has 0 aliphatic carbocycles. The third-order valence-corrected chi connectivity index (χ3v) is 3.20. The maximum atomic E-state index is 9.37. The highest BCUT2D eigenvalue weighted by molar-refractivity contribution is 4.98. The van der Waals surface area contributed by atoms with Crippen molar-refractivity contribution in [3.8, 4) is 6.07 Å². The quantitative estimate of drug-likeness (QED) is 0.545. The van der Waals surface area contributed by atoms with Crippen molar-refractivity contribution in [1.29, 1.82) is 5.26 Å². The van der Waals surface area contributed by atoms with Crippen LogP contribution >= 0.6 is 0 Å². The Kier molecular flexibility index (Phi) is 4.54. The summed E-state index contributed by atoms with van der Waals surface area (Å²) >= 11 is 0. The minimum Gasteiger partial charge on any atom is -0.394 e. The van der Waals surface area contributed by atoms with Gasteiger partial charge in [0, 0.05) is 12.8 Å². The second kappa shape index (κ2) is 5.95. The molecule has 0 bridgehead atoms. The third-order valence-electron chi connectivity index (χ3n) is 3.20. The lowest BCUT2D eigenvalue weighted by Gasteiger charge is -2.32. The summed E-state index contributed by atoms with van der Waals surface area (Å²) in [6, 6.07) is 2.14. The summed E-state index contributed by atoms with van der Waals surface area (Å²) in [4.78, 5) is 0. The summed E-state index contributed by atoms with van der Waals surface area (Å²) < 4.78 is 16.1. The predicted octanol–water partition coefficient (Wildman–Crippen LogP) is -0.414. The smallest absolute Gasteiger partial charge is 0.100 e. The lowest BCUT2D eigenvalue weighted by atomic mass is 9.89. The molecule has 6 heteroatoms. The molecule has 2 rings (SSSR count). The van der Waals surface area contributed by atoms with Crippen LogP contribution in [0.4, 0.5) is 0 Å². The molecule has 102 valence electrons. The SMILES string of the molecule is N#CCC(CC1CO1)(CC1CO1)OCC(O)CO. The molecule has 2 fully saturated rings. The molecular formula is C12H19NO5. The Bertz CT molecular complexity index is 294. The molecule has 0 aromatic heterocycles. The highest BCUT2D eigenvalue weighted by Crippen LogP contribution is 2.36. The second-order valence-electron chi connectivity index (χ2n) is 4.98. The number of hydrogen-bond acceptors (Lipinski definition) is 6. The van der Waals surface area contributed by atoms with Crippen molar-refractivity contribution in [1.82, 2.24) is 0 Å². The zero-order valence-electron chi connectivity index (χ0n) is 10.2. The average Bonchev–Trinajstić information content (AvgIpc) is 3.23. The van der Waals surface area contributed by atoms with Crippen molar-refractivity contribution in [2.45, 2.75) is 43.2 Å². The van der Waals surface area contributed by atoms with Crippen molar-refractivity contribution >= 4 is 0 Å². The number of hydrogen-bond donors (Lipinski definition) is 2. The molecule has 2 aliphatic heterocycles. The molecule has 2 N–H and O–H groups in total. The zero-order chi connectivity index (χ0) is 13.0. The highest BCUT2D eigenvalue weighted by Gasteiger charge is 2.43. The molecule has 2 heterocycles. The van der Waals surface area contributed by atoms with Gasteiger partial charge >= 0.3 is 0 Å². The number of aliphatic hydroxyl groups excluding tert-OH is 2. The number of rotatable bonds is 9. The summed E-state index contributed by atoms with van der Waals surface area (Å²) in [7, 11) is 0. The maximum Gasteiger partial charge on any atom is 0.100 e. The van der Waals surface area contributed by atoms with Crippen LogP contribution in [0.15, 0.2) is 0 Å². The third kappa shape index (κ3) is 4.19. The Balaban J connectivity index is 1.94. The summed E-state index contributed by atoms with van der Waals surface area (Å²) in [5.41, 5.74) is -0.632. The minimum atomic E-state index is -0.914. The Labute approximate surface area is 106 Å². The van der Waals surface area contributed by atoms with Gasteiger partial charge in [-0.2, -0.15) is 5.26 Å². The first-order chi connectivity index (χ1) is 8.67. The van der Waals surface area contributed by atoms with E-state index in [1.807, 2.05) is 0 Å². The first-order valence-electron chi connectivity index (χ1n) is 6.20. The largest absolute Gasteiger partial charge is 0.394 e. The Hall–Kier alpha value is -0.710. The van der Waals surface area contributed by atoms with E-state index in [1.54, 1.807) is 0 Å². The average molecular weight is 257 g/mol. The molecular weight excluding hydrogens is 238 g/mol. The maximum absolute atomic E-state index is 9.37. The predicted molar refractivity (Wildman–Crippen MR) is 60.7 cm³/mol. The van der Waals surface area contributed by atoms with Gasteiger partial charge in [0.15, 0.2) is 0 Å². The van der Waals surface area contributed by atoms with Gasteiger partial charge in [-0.05, 0) is 0 Å². The van der Waals surface area contributed by atoms with E-state index in [2.05, 4.69) is 6.07 Å². The molecule has 0 radical (unpaired) electrons. The molecule has 0 amide bonds. The van der Waals surface area contributed by atoms with Gasteiger partial charge in [0.05, 0.1) is 56.7 Å². The van der Waals surface area contributed by atoms with Gasteiger partial charge in [-0.3, -0.25) is 0 Å². The second-order valence-corrected chi connectivity index (χ2v) is 4.98. The molecule has 0 spiro atoms. The van der Waals surface area contributed by atoms with Gasteiger partial charge in [0.25, 0.3) is 0 Å². The molecule has 0 aromatic carbocycles. The molecule has 2 saturated heterocycles. The van der Waals surface area contributed by atoms with E-state index in [1.165, 1.54) is 0 Å². The van der Waals surface area contributed by atoms with Crippen LogP contribution < -0.4 is 0 Å². The number of ether oxygens (including phenoxy) is 3. The van der Waals surface area contributed by atoms with Crippen molar-refractivity contribution in [2.24, 2.45) is 0 Å². The van der Waals surface area contributed by atoms with E-state index in [9.17, 15) is 5.11 Å². The van der Waals surface area contributed by atoms with Crippen LogP contribution in [0.2, 0.25) is 0 Å². The Morgan fingerprint density at radius 1 is 1.33 bits per heavy atom. The standard InChI is InChI=1S/C12H19NO5/c13-2-1-12(3-10-7-16-10,4-11-8-17-11)18-6-9(15)5-14/h9-11,14-15H,1,3-8H2. The van der Waals surface area contributed by atoms with E-state index >= 15 is 0 Å². The lowest BCUT2D eigenvalue weighted by Crippen LogP contribution is -2.39. The van der Waals surface area contributed by atoms with Crippen LogP contribution in [0.3, 0.4) is 0 Å². The molecule has 18 heavy (non-hydrogen) atoms. The molecule has 0 aromatic rings. The van der Waals surface area contributed by atoms with Gasteiger partial charge in [-0.15, -0.1) is 0 Å². The summed E-state index contributed by atoms with van der Waals surface area (Å²) in [5, 5.41) is 27.1. The molecule has 6 nitrogen and oxygen atoms in total. The van der Waals surface area contributed by atoms with Crippen molar-refractivity contribution in [3.63, 3.8) is 0 Å². The van der Waals surface area contributed by atoms with Crippen molar-refractivity contribution in [3.05, 3.63) is 0 Å². The normalized spacial score (nSPS) is 30.3. The zero-order valence-corrected chi connectivity index (χ0v) is 10.2. The van der Waals surface area contributed by atoms with Crippen LogP contribution in [0.25, 0.3) is 0 Å². The van der Waals surface area contributed by atoms with Crippen LogP contribution in [-0.2, 0) is 14.2 Å². The topological polar surface area (TPSA) is 98.5 Å². The number of nitrogens with zero attached hydrogens (tertiary/aromatic N) is 1. The fraction of sp³-hybridized carbons (Fsp3) is 0.917. The monoisotopic (exact) mass is 257 g/mol. The minimum absolute atomic E-state index is 0.0254. The van der Waals surface area contributed by atoms with Gasteiger partial charge in [-0.1, -0.05) is 0 Å². The fourth-order valence-corrected chi connectivity index (χ4v) is 2.07. The fourth-order valence-electron chi connectivity index (χ4n) is 2.07. The van der Waals surface area contributed by atoms with E-state index in [0.717, 1.165) is 0 Å². The lowest BCUT2D eigenvalue weighted by molar-refractivity contribution is -0.0999. The number of epoxide rings is 2. The molecule has 2 aliphatic rings. The van der Waals surface area contributed by atoms with Crippen LogP contribution in [0.1, 0.15) is 19.3 Å². The van der Waals surface area contributed by atoms with Gasteiger partial charge in [-0.25, -0.2) is 0 Å². The van der Waals surface area contributed by atoms with E-state index < -0.39 is 11.7 Å². The van der Waals surface area contributed by atoms with Gasteiger partial charge in [0.2, 0.25) is 0 Å². The van der Waals surface area contributed by atoms with Crippen LogP contribution in [0, 0.1) is 11.3 Å². The first-order valence-corrected chi connectivity index (χ1v) is 6.20. The van der Waals surface area contributed by atoms with Gasteiger partial charge < -0.3 is 24.4 Å². The van der Waals surface area contributed by atoms with E-state index in [-0.39, 0.29) is 31.8 Å². The first kappa shape index (κ1) is 13.7. The molecule has 3 atom stereocenters. The molecule has 0 saturated carbocycles. The highest BCUT2D eigenvalue weighted by atomic mass is 16.6. The summed E-state index contributed by atoms with van der Waals surface area (Å²) in [6.07, 6.45) is 0.886. The number of aliphatic hydroxyl groups is 2. The summed E-state index contributed by atoms with van der Waals surface area (Å²) in [5.74, 6) is 0. The van der Waals surface area contributed by atoms with Gasteiger partial charge in [0.1, 0.15) is 6.10 Å². The Morgan fingerprint density at radius 2 is 1.89 bits per heavy atom. The van der Waals surface area contributed by atoms with Crippen molar-refractivity contribution in [2.75, 3.05) is 26.4 Å². The molecule has 3 unspecified atom stereocenters.